The van der Waals surface area contributed by atoms with E-state index in [1.54, 1.807) is 6.20 Å². The fraction of sp³-hybridized carbons (Fsp3) is 0.600. The second-order valence-corrected chi connectivity index (χ2v) is 4.02. The van der Waals surface area contributed by atoms with Crippen molar-refractivity contribution in [2.24, 2.45) is 0 Å². The van der Waals surface area contributed by atoms with E-state index in [4.69, 9.17) is 16.3 Å². The number of ether oxygens (including phenoxy) is 1. The fourth-order valence-electron chi connectivity index (χ4n) is 1.62. The van der Waals surface area contributed by atoms with Gasteiger partial charge < -0.3 is 15.4 Å². The van der Waals surface area contributed by atoms with E-state index in [-0.39, 0.29) is 0 Å². The Labute approximate surface area is 99.6 Å². The number of hydrogen-bond donors (Lipinski definition) is 2. The summed E-state index contributed by atoms with van der Waals surface area (Å²) in [5, 5.41) is 6.95. The molecule has 1 atom stereocenters. The Bertz CT molecular complexity index is 355. The highest BCUT2D eigenvalue weighted by atomic mass is 35.5. The quantitative estimate of drug-likeness (QED) is 0.834. The van der Waals surface area contributed by atoms with Gasteiger partial charge in [-0.3, -0.25) is 0 Å². The van der Waals surface area contributed by atoms with E-state index in [2.05, 4.69) is 20.6 Å². The second-order valence-electron chi connectivity index (χ2n) is 3.61. The maximum atomic E-state index is 5.90. The number of hydrogen-bond acceptors (Lipinski definition) is 5. The number of halogens is 1. The molecule has 1 aromatic heterocycles. The summed E-state index contributed by atoms with van der Waals surface area (Å²) in [5.41, 5.74) is 0. The van der Waals surface area contributed by atoms with Crippen molar-refractivity contribution in [3.63, 3.8) is 0 Å². The van der Waals surface area contributed by atoms with Crippen molar-refractivity contribution >= 4 is 17.5 Å². The van der Waals surface area contributed by atoms with Crippen molar-refractivity contribution < 1.29 is 4.74 Å². The van der Waals surface area contributed by atoms with Gasteiger partial charge in [-0.05, 0) is 19.9 Å². The monoisotopic (exact) mass is 242 g/mol. The van der Waals surface area contributed by atoms with Crippen LogP contribution < -0.4 is 15.4 Å². The van der Waals surface area contributed by atoms with Gasteiger partial charge in [-0.2, -0.15) is 4.98 Å². The third kappa shape index (κ3) is 2.74. The highest BCUT2D eigenvalue weighted by molar-refractivity contribution is 6.31. The lowest BCUT2D eigenvalue weighted by Crippen LogP contribution is -2.23. The summed E-state index contributed by atoms with van der Waals surface area (Å²) in [6.07, 6.45) is 2.64. The molecule has 0 bridgehead atoms. The lowest BCUT2D eigenvalue weighted by molar-refractivity contribution is 0.327. The molecule has 0 unspecified atom stereocenters. The van der Waals surface area contributed by atoms with Crippen molar-refractivity contribution in [3.05, 3.63) is 11.2 Å². The first kappa shape index (κ1) is 11.4. The molecule has 0 saturated carbocycles. The van der Waals surface area contributed by atoms with Gasteiger partial charge in [0, 0.05) is 12.6 Å². The number of aromatic nitrogens is 2. The minimum atomic E-state index is 0.385. The number of rotatable bonds is 4. The summed E-state index contributed by atoms with van der Waals surface area (Å²) < 4.78 is 5.30. The molecular formula is C10H15ClN4O. The van der Waals surface area contributed by atoms with E-state index in [1.165, 1.54) is 0 Å². The normalized spacial score (nSPS) is 19.8. The first-order chi connectivity index (χ1) is 7.79. The molecule has 1 saturated heterocycles. The van der Waals surface area contributed by atoms with Crippen molar-refractivity contribution in [3.8, 4) is 5.88 Å². The van der Waals surface area contributed by atoms with E-state index in [0.29, 0.717) is 29.5 Å². The van der Waals surface area contributed by atoms with Crippen molar-refractivity contribution in [1.82, 2.24) is 15.3 Å². The molecule has 16 heavy (non-hydrogen) atoms. The zero-order chi connectivity index (χ0) is 11.4. The Kier molecular flexibility index (Phi) is 3.79. The Balaban J connectivity index is 2.05. The van der Waals surface area contributed by atoms with E-state index in [9.17, 15) is 0 Å². The van der Waals surface area contributed by atoms with E-state index in [0.717, 1.165) is 19.5 Å². The van der Waals surface area contributed by atoms with E-state index in [1.807, 2.05) is 6.92 Å². The number of anilines is 1. The first-order valence-electron chi connectivity index (χ1n) is 5.42. The number of nitrogens with zero attached hydrogens (tertiary/aromatic N) is 2. The molecule has 88 valence electrons. The largest absolute Gasteiger partial charge is 0.477 e. The highest BCUT2D eigenvalue weighted by Gasteiger charge is 2.15. The van der Waals surface area contributed by atoms with Crippen LogP contribution in [0.2, 0.25) is 5.02 Å². The highest BCUT2D eigenvalue weighted by Crippen LogP contribution is 2.22. The minimum absolute atomic E-state index is 0.385. The maximum absolute atomic E-state index is 5.90. The van der Waals surface area contributed by atoms with Gasteiger partial charge in [-0.25, -0.2) is 4.98 Å². The van der Waals surface area contributed by atoms with Gasteiger partial charge in [0.25, 0.3) is 0 Å². The molecule has 0 aromatic carbocycles. The molecule has 1 aromatic rings. The summed E-state index contributed by atoms with van der Waals surface area (Å²) in [7, 11) is 0. The topological polar surface area (TPSA) is 59.1 Å². The molecule has 2 N–H and O–H groups in total. The van der Waals surface area contributed by atoms with Crippen molar-refractivity contribution in [2.75, 3.05) is 25.0 Å². The van der Waals surface area contributed by atoms with Gasteiger partial charge in [-0.1, -0.05) is 11.6 Å². The molecule has 1 fully saturated rings. The van der Waals surface area contributed by atoms with Crippen LogP contribution in [0.15, 0.2) is 6.20 Å². The summed E-state index contributed by atoms with van der Waals surface area (Å²) in [6, 6.07) is 0.385. The molecule has 1 aliphatic rings. The van der Waals surface area contributed by atoms with Gasteiger partial charge in [0.2, 0.25) is 11.8 Å². The van der Waals surface area contributed by atoms with Crippen LogP contribution >= 0.6 is 11.6 Å². The smallest absolute Gasteiger partial charge is 0.237 e. The number of nitrogens with one attached hydrogen (secondary N) is 2. The minimum Gasteiger partial charge on any atom is -0.477 e. The summed E-state index contributed by atoms with van der Waals surface area (Å²) in [5.74, 6) is 1.01. The van der Waals surface area contributed by atoms with Crippen molar-refractivity contribution in [1.29, 1.82) is 0 Å². The summed E-state index contributed by atoms with van der Waals surface area (Å²) >= 11 is 5.90. The Morgan fingerprint density at radius 3 is 3.25 bits per heavy atom. The SMILES string of the molecule is CCOc1nc(N[C@@H]2CCNC2)ncc1Cl. The fourth-order valence-corrected chi connectivity index (χ4v) is 1.76. The molecular weight excluding hydrogens is 228 g/mol. The van der Waals surface area contributed by atoms with Crippen LogP contribution in [0.3, 0.4) is 0 Å². The van der Waals surface area contributed by atoms with Crippen molar-refractivity contribution in [2.45, 2.75) is 19.4 Å². The average molecular weight is 243 g/mol. The van der Waals surface area contributed by atoms with Crippen LogP contribution in [0.25, 0.3) is 0 Å². The summed E-state index contributed by atoms with van der Waals surface area (Å²) in [6.45, 7) is 4.41. The lowest BCUT2D eigenvalue weighted by Gasteiger charge is -2.12. The van der Waals surface area contributed by atoms with Crippen LogP contribution in [-0.2, 0) is 0 Å². The van der Waals surface area contributed by atoms with Gasteiger partial charge >= 0.3 is 0 Å². The first-order valence-corrected chi connectivity index (χ1v) is 5.80. The molecule has 6 heteroatoms. The zero-order valence-corrected chi connectivity index (χ0v) is 9.92. The molecule has 0 amide bonds. The molecule has 0 radical (unpaired) electrons. The predicted molar refractivity (Wildman–Crippen MR) is 63.1 cm³/mol. The Hall–Kier alpha value is -1.07. The molecule has 5 nitrogen and oxygen atoms in total. The van der Waals surface area contributed by atoms with Gasteiger partial charge in [-0.15, -0.1) is 0 Å². The lowest BCUT2D eigenvalue weighted by atomic mass is 10.3. The van der Waals surface area contributed by atoms with Crippen LogP contribution in [0.5, 0.6) is 5.88 Å². The van der Waals surface area contributed by atoms with E-state index < -0.39 is 0 Å². The summed E-state index contributed by atoms with van der Waals surface area (Å²) in [4.78, 5) is 8.34. The molecule has 2 rings (SSSR count). The van der Waals surface area contributed by atoms with Gasteiger partial charge in [0.15, 0.2) is 0 Å². The standard InChI is InChI=1S/C10H15ClN4O/c1-2-16-9-8(11)6-13-10(15-9)14-7-3-4-12-5-7/h6-7,12H,2-5H2,1H3,(H,13,14,15)/t7-/m1/s1. The third-order valence-electron chi connectivity index (χ3n) is 2.39. The Morgan fingerprint density at radius 1 is 1.69 bits per heavy atom. The van der Waals surface area contributed by atoms with Gasteiger partial charge in [0.1, 0.15) is 5.02 Å². The Morgan fingerprint density at radius 2 is 2.56 bits per heavy atom. The van der Waals surface area contributed by atoms with E-state index >= 15 is 0 Å². The van der Waals surface area contributed by atoms with Crippen LogP contribution in [0.1, 0.15) is 13.3 Å². The molecule has 0 spiro atoms. The predicted octanol–water partition coefficient (Wildman–Crippen LogP) is 1.30. The van der Waals surface area contributed by atoms with Gasteiger partial charge in [0.05, 0.1) is 12.8 Å². The maximum Gasteiger partial charge on any atom is 0.237 e. The molecule has 0 aliphatic carbocycles. The van der Waals surface area contributed by atoms with Crippen LogP contribution in [-0.4, -0.2) is 35.7 Å². The average Bonchev–Trinajstić information content (AvgIpc) is 2.76. The molecule has 2 heterocycles. The van der Waals surface area contributed by atoms with Crippen LogP contribution in [0, 0.1) is 0 Å². The third-order valence-corrected chi connectivity index (χ3v) is 2.65. The molecule has 1 aliphatic heterocycles. The zero-order valence-electron chi connectivity index (χ0n) is 9.16. The van der Waals surface area contributed by atoms with Crippen LogP contribution in [0.4, 0.5) is 5.95 Å². The second kappa shape index (κ2) is 5.32.